The van der Waals surface area contributed by atoms with E-state index in [2.05, 4.69) is 41.9 Å². The lowest BCUT2D eigenvalue weighted by molar-refractivity contribution is 0.807. The molecule has 2 rings (SSSR count). The smallest absolute Gasteiger partial charge is 0.0733 e. The predicted molar refractivity (Wildman–Crippen MR) is 68.5 cm³/mol. The van der Waals surface area contributed by atoms with Crippen molar-refractivity contribution in [3.63, 3.8) is 0 Å². The highest BCUT2D eigenvalue weighted by Crippen LogP contribution is 2.17. The van der Waals surface area contributed by atoms with Crippen molar-refractivity contribution in [2.45, 2.75) is 19.3 Å². The lowest BCUT2D eigenvalue weighted by Gasteiger charge is -2.04. The molecule has 0 atom stereocenters. The average molecular weight is 217 g/mol. The molecule has 0 spiro atoms. The van der Waals surface area contributed by atoms with Crippen molar-refractivity contribution >= 4 is 23.5 Å². The molecule has 0 aliphatic carbocycles. The van der Waals surface area contributed by atoms with Gasteiger partial charge in [0.1, 0.15) is 0 Å². The zero-order chi connectivity index (χ0) is 10.5. The Kier molecular flexibility index (Phi) is 3.62. The Morgan fingerprint density at radius 1 is 1.07 bits per heavy atom. The highest BCUT2D eigenvalue weighted by molar-refractivity contribution is 7.80. The molecule has 15 heavy (non-hydrogen) atoms. The summed E-state index contributed by atoms with van der Waals surface area (Å²) in [6, 6.07) is 10.5. The Balaban J connectivity index is 2.26. The SMILES string of the molecule is SCCCCc1cccc2cccnc12. The Bertz CT molecular complexity index is 434. The van der Waals surface area contributed by atoms with Crippen LogP contribution in [0.2, 0.25) is 0 Å². The van der Waals surface area contributed by atoms with Gasteiger partial charge in [-0.1, -0.05) is 24.3 Å². The number of hydrogen-bond acceptors (Lipinski definition) is 2. The van der Waals surface area contributed by atoms with Gasteiger partial charge in [-0.2, -0.15) is 12.6 Å². The van der Waals surface area contributed by atoms with E-state index in [0.29, 0.717) is 0 Å². The molecule has 0 saturated heterocycles. The first kappa shape index (κ1) is 10.5. The van der Waals surface area contributed by atoms with Crippen LogP contribution in [-0.2, 0) is 6.42 Å². The first-order valence-electron chi connectivity index (χ1n) is 5.35. The monoisotopic (exact) mass is 217 g/mol. The van der Waals surface area contributed by atoms with Crippen LogP contribution in [0.3, 0.4) is 0 Å². The molecule has 0 aliphatic heterocycles. The Hall–Kier alpha value is -1.02. The van der Waals surface area contributed by atoms with Crippen LogP contribution in [0, 0.1) is 0 Å². The van der Waals surface area contributed by atoms with E-state index in [9.17, 15) is 0 Å². The molecule has 2 heteroatoms. The minimum Gasteiger partial charge on any atom is -0.256 e. The quantitative estimate of drug-likeness (QED) is 0.611. The van der Waals surface area contributed by atoms with Crippen LogP contribution in [0.5, 0.6) is 0 Å². The summed E-state index contributed by atoms with van der Waals surface area (Å²) in [7, 11) is 0. The number of aryl methyl sites for hydroxylation is 1. The molecule has 0 saturated carbocycles. The molecule has 0 N–H and O–H groups in total. The van der Waals surface area contributed by atoms with E-state index in [1.807, 2.05) is 12.3 Å². The standard InChI is InChI=1S/C13H15NS/c15-10-2-1-5-11-6-3-7-12-8-4-9-14-13(11)12/h3-4,6-9,15H,1-2,5,10H2. The second kappa shape index (κ2) is 5.17. The minimum atomic E-state index is 0.970. The predicted octanol–water partition coefficient (Wildman–Crippen LogP) is 3.49. The van der Waals surface area contributed by atoms with Crippen LogP contribution in [0.15, 0.2) is 36.5 Å². The van der Waals surface area contributed by atoms with Gasteiger partial charge in [0.25, 0.3) is 0 Å². The van der Waals surface area contributed by atoms with Crippen LogP contribution in [0.4, 0.5) is 0 Å². The molecule has 1 aromatic heterocycles. The molecular formula is C13H15NS. The largest absolute Gasteiger partial charge is 0.256 e. The normalized spacial score (nSPS) is 10.7. The fourth-order valence-corrected chi connectivity index (χ4v) is 2.02. The zero-order valence-electron chi connectivity index (χ0n) is 8.69. The summed E-state index contributed by atoms with van der Waals surface area (Å²) in [5.41, 5.74) is 2.51. The molecule has 78 valence electrons. The molecule has 0 bridgehead atoms. The van der Waals surface area contributed by atoms with Gasteiger partial charge in [-0.05, 0) is 36.6 Å². The summed E-state index contributed by atoms with van der Waals surface area (Å²) in [5, 5.41) is 1.24. The number of thiol groups is 1. The Labute approximate surface area is 95.9 Å². The number of nitrogens with zero attached hydrogens (tertiary/aromatic N) is 1. The summed E-state index contributed by atoms with van der Waals surface area (Å²) in [5.74, 6) is 0.970. The van der Waals surface area contributed by atoms with Crippen LogP contribution >= 0.6 is 12.6 Å². The highest BCUT2D eigenvalue weighted by atomic mass is 32.1. The maximum Gasteiger partial charge on any atom is 0.0733 e. The molecule has 1 nitrogen and oxygen atoms in total. The van der Waals surface area contributed by atoms with Gasteiger partial charge in [0.2, 0.25) is 0 Å². The van der Waals surface area contributed by atoms with Gasteiger partial charge in [-0.15, -0.1) is 0 Å². The topological polar surface area (TPSA) is 12.9 Å². The summed E-state index contributed by atoms with van der Waals surface area (Å²) in [4.78, 5) is 4.44. The van der Waals surface area contributed by atoms with Crippen molar-refractivity contribution in [1.29, 1.82) is 0 Å². The molecule has 0 amide bonds. The number of pyridine rings is 1. The van der Waals surface area contributed by atoms with Gasteiger partial charge in [0.05, 0.1) is 5.52 Å². The number of fused-ring (bicyclic) bond motifs is 1. The van der Waals surface area contributed by atoms with E-state index < -0.39 is 0 Å². The van der Waals surface area contributed by atoms with E-state index in [4.69, 9.17) is 0 Å². The van der Waals surface area contributed by atoms with Gasteiger partial charge in [-0.3, -0.25) is 4.98 Å². The van der Waals surface area contributed by atoms with E-state index >= 15 is 0 Å². The first-order valence-corrected chi connectivity index (χ1v) is 5.98. The van der Waals surface area contributed by atoms with Crippen molar-refractivity contribution in [2.75, 3.05) is 5.75 Å². The second-order valence-electron chi connectivity index (χ2n) is 3.67. The van der Waals surface area contributed by atoms with E-state index in [-0.39, 0.29) is 0 Å². The van der Waals surface area contributed by atoms with Crippen molar-refractivity contribution in [3.05, 3.63) is 42.1 Å². The maximum absolute atomic E-state index is 4.44. The van der Waals surface area contributed by atoms with Gasteiger partial charge in [-0.25, -0.2) is 0 Å². The Morgan fingerprint density at radius 3 is 2.80 bits per heavy atom. The molecule has 0 radical (unpaired) electrons. The minimum absolute atomic E-state index is 0.970. The molecule has 0 fully saturated rings. The third-order valence-corrected chi connectivity index (χ3v) is 2.89. The van der Waals surface area contributed by atoms with E-state index in [0.717, 1.165) is 17.7 Å². The third-order valence-electron chi connectivity index (χ3n) is 2.57. The molecule has 1 heterocycles. The van der Waals surface area contributed by atoms with Crippen molar-refractivity contribution in [3.8, 4) is 0 Å². The number of aromatic nitrogens is 1. The lowest BCUT2D eigenvalue weighted by atomic mass is 10.0. The number of para-hydroxylation sites is 1. The first-order chi connectivity index (χ1) is 7.42. The fraction of sp³-hybridized carbons (Fsp3) is 0.308. The van der Waals surface area contributed by atoms with Gasteiger partial charge < -0.3 is 0 Å². The fourth-order valence-electron chi connectivity index (χ4n) is 1.80. The van der Waals surface area contributed by atoms with Crippen LogP contribution in [0.25, 0.3) is 10.9 Å². The van der Waals surface area contributed by atoms with Crippen molar-refractivity contribution in [2.24, 2.45) is 0 Å². The van der Waals surface area contributed by atoms with Gasteiger partial charge in [0.15, 0.2) is 0 Å². The highest BCUT2D eigenvalue weighted by Gasteiger charge is 2.00. The number of rotatable bonds is 4. The Morgan fingerprint density at radius 2 is 1.93 bits per heavy atom. The molecular weight excluding hydrogens is 202 g/mol. The lowest BCUT2D eigenvalue weighted by Crippen LogP contribution is -1.90. The maximum atomic E-state index is 4.44. The average Bonchev–Trinajstić information content (AvgIpc) is 2.30. The zero-order valence-corrected chi connectivity index (χ0v) is 9.58. The molecule has 1 aromatic carbocycles. The van der Waals surface area contributed by atoms with Crippen LogP contribution in [-0.4, -0.2) is 10.7 Å². The second-order valence-corrected chi connectivity index (χ2v) is 4.12. The van der Waals surface area contributed by atoms with E-state index in [1.54, 1.807) is 0 Å². The summed E-state index contributed by atoms with van der Waals surface area (Å²) >= 11 is 4.22. The van der Waals surface area contributed by atoms with Crippen molar-refractivity contribution < 1.29 is 0 Å². The molecule has 0 aliphatic rings. The summed E-state index contributed by atoms with van der Waals surface area (Å²) < 4.78 is 0. The molecule has 2 aromatic rings. The number of unbranched alkanes of at least 4 members (excludes halogenated alkanes) is 1. The van der Waals surface area contributed by atoms with E-state index in [1.165, 1.54) is 23.8 Å². The van der Waals surface area contributed by atoms with Crippen LogP contribution in [0.1, 0.15) is 18.4 Å². The molecule has 0 unspecified atom stereocenters. The summed E-state index contributed by atoms with van der Waals surface area (Å²) in [6.45, 7) is 0. The van der Waals surface area contributed by atoms with Gasteiger partial charge in [0, 0.05) is 11.6 Å². The van der Waals surface area contributed by atoms with Gasteiger partial charge >= 0.3 is 0 Å². The third kappa shape index (κ3) is 2.51. The number of hydrogen-bond donors (Lipinski definition) is 1. The number of benzene rings is 1. The summed E-state index contributed by atoms with van der Waals surface area (Å²) in [6.07, 6.45) is 5.34. The van der Waals surface area contributed by atoms with Crippen LogP contribution < -0.4 is 0 Å². The van der Waals surface area contributed by atoms with Crippen molar-refractivity contribution in [1.82, 2.24) is 4.98 Å².